The maximum Gasteiger partial charge on any atom is 0.274 e. The quantitative estimate of drug-likeness (QED) is 0.201. The number of non-ortho nitro benzene ring substituents is 1. The van der Waals surface area contributed by atoms with Gasteiger partial charge in [-0.05, 0) is 48.2 Å². The molecule has 4 rings (SSSR count). The number of nitro benzene ring substituents is 1. The molecule has 1 atom stereocenters. The number of fused-ring (bicyclic) bond motifs is 1. The zero-order valence-electron chi connectivity index (χ0n) is 18.5. The van der Waals surface area contributed by atoms with Gasteiger partial charge in [-0.2, -0.15) is 0 Å². The predicted octanol–water partition coefficient (Wildman–Crippen LogP) is 6.38. The highest BCUT2D eigenvalue weighted by Crippen LogP contribution is 2.34. The van der Waals surface area contributed by atoms with Crippen LogP contribution in [0.25, 0.3) is 22.6 Å². The molecule has 1 N–H and O–H groups in total. The van der Waals surface area contributed by atoms with Gasteiger partial charge in [-0.1, -0.05) is 26.0 Å². The molecule has 0 amide bonds. The Morgan fingerprint density at radius 3 is 2.79 bits per heavy atom. The minimum Gasteiger partial charge on any atom is -0.504 e. The largest absolute Gasteiger partial charge is 0.504 e. The van der Waals surface area contributed by atoms with Crippen LogP contribution in [-0.2, 0) is 0 Å². The number of oxazole rings is 1. The molecule has 8 nitrogen and oxygen atoms in total. The minimum atomic E-state index is -0.556. The SMILES string of the molecule is CCC(C)c1ccc2oc(-c3cccc(N=Cc4cc([N+](=O)[O-])cc(OC)c4O)c3)nc2c1. The summed E-state index contributed by atoms with van der Waals surface area (Å²) in [7, 11) is 1.33. The Morgan fingerprint density at radius 2 is 2.06 bits per heavy atom. The molecule has 0 saturated heterocycles. The number of rotatable bonds is 7. The van der Waals surface area contributed by atoms with Crippen molar-refractivity contribution in [3.63, 3.8) is 0 Å². The van der Waals surface area contributed by atoms with E-state index in [-0.39, 0.29) is 22.7 Å². The van der Waals surface area contributed by atoms with Crippen molar-refractivity contribution in [2.45, 2.75) is 26.2 Å². The second kappa shape index (κ2) is 9.12. The highest BCUT2D eigenvalue weighted by molar-refractivity contribution is 5.88. The summed E-state index contributed by atoms with van der Waals surface area (Å²) in [5.41, 5.74) is 4.00. The van der Waals surface area contributed by atoms with Crippen LogP contribution in [0.5, 0.6) is 11.5 Å². The van der Waals surface area contributed by atoms with Crippen molar-refractivity contribution < 1.29 is 19.2 Å². The summed E-state index contributed by atoms with van der Waals surface area (Å²) < 4.78 is 11.0. The van der Waals surface area contributed by atoms with E-state index in [9.17, 15) is 15.2 Å². The van der Waals surface area contributed by atoms with Gasteiger partial charge in [0.2, 0.25) is 5.89 Å². The first-order chi connectivity index (χ1) is 15.9. The number of nitro groups is 1. The lowest BCUT2D eigenvalue weighted by Gasteiger charge is -2.07. The Kier molecular flexibility index (Phi) is 6.08. The Bertz CT molecular complexity index is 1360. The molecular formula is C25H23N3O5. The molecule has 3 aromatic carbocycles. The molecule has 0 radical (unpaired) electrons. The van der Waals surface area contributed by atoms with Gasteiger partial charge in [0.1, 0.15) is 5.52 Å². The van der Waals surface area contributed by atoms with Crippen molar-refractivity contribution in [3.05, 3.63) is 75.8 Å². The van der Waals surface area contributed by atoms with E-state index in [0.29, 0.717) is 23.1 Å². The number of ether oxygens (including phenoxy) is 1. The van der Waals surface area contributed by atoms with Gasteiger partial charge in [-0.15, -0.1) is 0 Å². The third kappa shape index (κ3) is 4.55. The highest BCUT2D eigenvalue weighted by atomic mass is 16.6. The summed E-state index contributed by atoms with van der Waals surface area (Å²) in [5.74, 6) is 0.695. The van der Waals surface area contributed by atoms with Gasteiger partial charge in [0, 0.05) is 23.4 Å². The number of hydrogen-bond acceptors (Lipinski definition) is 7. The van der Waals surface area contributed by atoms with Crippen molar-refractivity contribution in [1.29, 1.82) is 0 Å². The molecule has 0 aliphatic carbocycles. The first kappa shape index (κ1) is 22.0. The number of phenols is 1. The van der Waals surface area contributed by atoms with E-state index >= 15 is 0 Å². The van der Waals surface area contributed by atoms with E-state index in [1.165, 1.54) is 25.0 Å². The van der Waals surface area contributed by atoms with Gasteiger partial charge in [0.15, 0.2) is 17.1 Å². The summed E-state index contributed by atoms with van der Waals surface area (Å²) in [6, 6.07) is 15.7. The minimum absolute atomic E-state index is 0.00244. The third-order valence-electron chi connectivity index (χ3n) is 5.56. The van der Waals surface area contributed by atoms with Crippen molar-refractivity contribution in [2.24, 2.45) is 4.99 Å². The molecule has 168 valence electrons. The van der Waals surface area contributed by atoms with Crippen LogP contribution in [-0.4, -0.2) is 28.3 Å². The van der Waals surface area contributed by atoms with Crippen LogP contribution in [0, 0.1) is 10.1 Å². The first-order valence-corrected chi connectivity index (χ1v) is 10.5. The molecule has 1 aromatic heterocycles. The number of aliphatic imine (C=N–C) groups is 1. The average molecular weight is 445 g/mol. The second-order valence-electron chi connectivity index (χ2n) is 7.71. The molecule has 1 unspecified atom stereocenters. The normalized spacial score (nSPS) is 12.3. The van der Waals surface area contributed by atoms with Crippen LogP contribution in [0.2, 0.25) is 0 Å². The molecule has 0 spiro atoms. The van der Waals surface area contributed by atoms with Gasteiger partial charge in [-0.25, -0.2) is 4.98 Å². The zero-order chi connectivity index (χ0) is 23.5. The number of benzene rings is 3. The van der Waals surface area contributed by atoms with Crippen LogP contribution < -0.4 is 4.74 Å². The van der Waals surface area contributed by atoms with E-state index in [2.05, 4.69) is 36.0 Å². The third-order valence-corrected chi connectivity index (χ3v) is 5.56. The van der Waals surface area contributed by atoms with E-state index in [1.54, 1.807) is 12.1 Å². The summed E-state index contributed by atoms with van der Waals surface area (Å²) in [5, 5.41) is 21.5. The molecule has 0 aliphatic heterocycles. The van der Waals surface area contributed by atoms with Crippen molar-refractivity contribution in [3.8, 4) is 23.0 Å². The lowest BCUT2D eigenvalue weighted by Crippen LogP contribution is -1.94. The van der Waals surface area contributed by atoms with E-state index in [4.69, 9.17) is 9.15 Å². The number of phenolic OH excluding ortho intramolecular Hbond substituents is 1. The van der Waals surface area contributed by atoms with Crippen LogP contribution >= 0.6 is 0 Å². The lowest BCUT2D eigenvalue weighted by molar-refractivity contribution is -0.385. The molecule has 1 heterocycles. The van der Waals surface area contributed by atoms with E-state index < -0.39 is 4.92 Å². The van der Waals surface area contributed by atoms with Gasteiger partial charge < -0.3 is 14.3 Å². The molecule has 0 fully saturated rings. The van der Waals surface area contributed by atoms with E-state index in [0.717, 1.165) is 23.6 Å². The van der Waals surface area contributed by atoms with Crippen LogP contribution in [0.4, 0.5) is 11.4 Å². The average Bonchev–Trinajstić information content (AvgIpc) is 3.26. The summed E-state index contributed by atoms with van der Waals surface area (Å²) in [6.45, 7) is 4.33. The van der Waals surface area contributed by atoms with Crippen LogP contribution in [0.3, 0.4) is 0 Å². The summed E-state index contributed by atoms with van der Waals surface area (Å²) in [4.78, 5) is 19.6. The molecule has 0 aliphatic rings. The fourth-order valence-corrected chi connectivity index (χ4v) is 3.45. The monoisotopic (exact) mass is 445 g/mol. The van der Waals surface area contributed by atoms with Gasteiger partial charge >= 0.3 is 0 Å². The second-order valence-corrected chi connectivity index (χ2v) is 7.71. The number of aromatic hydroxyl groups is 1. The Morgan fingerprint density at radius 1 is 1.24 bits per heavy atom. The fraction of sp³-hybridized carbons (Fsp3) is 0.200. The number of aromatic nitrogens is 1. The van der Waals surface area contributed by atoms with Crippen molar-refractivity contribution in [2.75, 3.05) is 7.11 Å². The van der Waals surface area contributed by atoms with Crippen LogP contribution in [0.15, 0.2) is 64.0 Å². The predicted molar refractivity (Wildman–Crippen MR) is 127 cm³/mol. The number of hydrogen-bond donors (Lipinski definition) is 1. The van der Waals surface area contributed by atoms with Gasteiger partial charge in [-0.3, -0.25) is 15.1 Å². The maximum absolute atomic E-state index is 11.2. The first-order valence-electron chi connectivity index (χ1n) is 10.5. The summed E-state index contributed by atoms with van der Waals surface area (Å²) in [6.07, 6.45) is 2.40. The topological polar surface area (TPSA) is 111 Å². The summed E-state index contributed by atoms with van der Waals surface area (Å²) >= 11 is 0. The molecule has 0 bridgehead atoms. The highest BCUT2D eigenvalue weighted by Gasteiger charge is 2.16. The van der Waals surface area contributed by atoms with Crippen molar-refractivity contribution >= 4 is 28.7 Å². The Hall–Kier alpha value is -4.20. The van der Waals surface area contributed by atoms with E-state index in [1.807, 2.05) is 18.2 Å². The van der Waals surface area contributed by atoms with Crippen LogP contribution in [0.1, 0.15) is 37.3 Å². The maximum atomic E-state index is 11.2. The lowest BCUT2D eigenvalue weighted by atomic mass is 9.98. The number of methoxy groups -OCH3 is 1. The molecular weight excluding hydrogens is 422 g/mol. The molecule has 0 saturated carbocycles. The van der Waals surface area contributed by atoms with Gasteiger partial charge in [0.25, 0.3) is 5.69 Å². The Labute approximate surface area is 190 Å². The van der Waals surface area contributed by atoms with Crippen molar-refractivity contribution in [1.82, 2.24) is 4.98 Å². The standard InChI is InChI=1S/C25H23N3O5/c1-4-15(2)16-8-9-22-21(12-16)27-25(33-22)17-6-5-7-19(10-17)26-14-18-11-20(28(30)31)13-23(32-3)24(18)29/h5-15,29H,4H2,1-3H3. The molecule has 8 heteroatoms. The Balaban J connectivity index is 1.66. The fourth-order valence-electron chi connectivity index (χ4n) is 3.45. The molecule has 33 heavy (non-hydrogen) atoms. The molecule has 4 aromatic rings. The smallest absolute Gasteiger partial charge is 0.274 e. The zero-order valence-corrected chi connectivity index (χ0v) is 18.5. The number of nitrogens with zero attached hydrogens (tertiary/aromatic N) is 3. The van der Waals surface area contributed by atoms with Gasteiger partial charge in [0.05, 0.1) is 23.8 Å².